The van der Waals surface area contributed by atoms with Gasteiger partial charge in [-0.3, -0.25) is 4.99 Å². The predicted molar refractivity (Wildman–Crippen MR) is 130 cm³/mol. The van der Waals surface area contributed by atoms with Crippen LogP contribution >= 0.6 is 24.0 Å². The Bertz CT molecular complexity index is 610. The second-order valence-corrected chi connectivity index (χ2v) is 7.94. The molecule has 2 unspecified atom stereocenters. The molecule has 8 heteroatoms. The molecule has 164 valence electrons. The zero-order valence-corrected chi connectivity index (χ0v) is 20.4. The number of piperidine rings is 1. The number of hydrogen-bond donors (Lipinski definition) is 2. The zero-order chi connectivity index (χ0) is 19.8. The number of hydrogen-bond acceptors (Lipinski definition) is 5. The highest BCUT2D eigenvalue weighted by atomic mass is 127. The summed E-state index contributed by atoms with van der Waals surface area (Å²) in [5.41, 5.74) is 1.15. The van der Waals surface area contributed by atoms with Gasteiger partial charge in [-0.05, 0) is 51.4 Å². The topological polar surface area (TPSA) is 65.0 Å². The van der Waals surface area contributed by atoms with Crippen LogP contribution in [-0.4, -0.2) is 74.4 Å². The van der Waals surface area contributed by atoms with Gasteiger partial charge in [-0.1, -0.05) is 12.5 Å². The van der Waals surface area contributed by atoms with E-state index in [0.29, 0.717) is 6.54 Å². The van der Waals surface area contributed by atoms with Gasteiger partial charge in [0.2, 0.25) is 0 Å². The maximum atomic E-state index is 5.81. The molecule has 0 aliphatic carbocycles. The molecule has 2 N–H and O–H groups in total. The van der Waals surface area contributed by atoms with Gasteiger partial charge in [0.15, 0.2) is 5.96 Å². The Morgan fingerprint density at radius 2 is 1.86 bits per heavy atom. The van der Waals surface area contributed by atoms with Crippen LogP contribution in [0.15, 0.2) is 23.3 Å². The molecule has 0 aromatic carbocycles. The van der Waals surface area contributed by atoms with Crippen LogP contribution in [0.3, 0.4) is 0 Å². The molecule has 1 aromatic rings. The lowest BCUT2D eigenvalue weighted by Crippen LogP contribution is -2.45. The zero-order valence-electron chi connectivity index (χ0n) is 18.1. The Morgan fingerprint density at radius 3 is 2.48 bits per heavy atom. The number of morpholine rings is 1. The van der Waals surface area contributed by atoms with E-state index in [1.807, 2.05) is 13.2 Å². The van der Waals surface area contributed by atoms with E-state index in [2.05, 4.69) is 56.4 Å². The van der Waals surface area contributed by atoms with E-state index >= 15 is 0 Å². The van der Waals surface area contributed by atoms with Crippen molar-refractivity contribution in [2.75, 3.05) is 51.2 Å². The van der Waals surface area contributed by atoms with E-state index in [4.69, 9.17) is 4.74 Å². The minimum Gasteiger partial charge on any atom is -0.372 e. The van der Waals surface area contributed by atoms with Crippen LogP contribution in [0.2, 0.25) is 0 Å². The fourth-order valence-electron chi connectivity index (χ4n) is 4.00. The number of halogens is 1. The Morgan fingerprint density at radius 1 is 1.14 bits per heavy atom. The summed E-state index contributed by atoms with van der Waals surface area (Å²) in [4.78, 5) is 13.8. The average Bonchev–Trinajstić information content (AvgIpc) is 2.71. The fourth-order valence-corrected chi connectivity index (χ4v) is 4.00. The number of nitrogens with zero attached hydrogens (tertiary/aromatic N) is 4. The molecule has 0 bridgehead atoms. The third-order valence-electron chi connectivity index (χ3n) is 5.41. The normalized spacial score (nSPS) is 23.4. The van der Waals surface area contributed by atoms with Crippen molar-refractivity contribution in [1.82, 2.24) is 20.5 Å². The monoisotopic (exact) mass is 516 g/mol. The summed E-state index contributed by atoms with van der Waals surface area (Å²) in [5, 5.41) is 6.80. The van der Waals surface area contributed by atoms with Crippen molar-refractivity contribution in [3.05, 3.63) is 23.9 Å². The van der Waals surface area contributed by atoms with Gasteiger partial charge in [0, 0.05) is 46.0 Å². The van der Waals surface area contributed by atoms with Gasteiger partial charge >= 0.3 is 0 Å². The van der Waals surface area contributed by atoms with Crippen LogP contribution in [0.4, 0.5) is 5.82 Å². The molecular weight excluding hydrogens is 479 g/mol. The van der Waals surface area contributed by atoms with Crippen molar-refractivity contribution in [3.8, 4) is 0 Å². The van der Waals surface area contributed by atoms with Gasteiger partial charge in [0.05, 0.1) is 12.2 Å². The summed E-state index contributed by atoms with van der Waals surface area (Å²) >= 11 is 0. The Balaban J connectivity index is 0.00000300. The van der Waals surface area contributed by atoms with Crippen LogP contribution in [0.25, 0.3) is 0 Å². The van der Waals surface area contributed by atoms with E-state index in [1.54, 1.807) is 0 Å². The first-order valence-corrected chi connectivity index (χ1v) is 10.7. The first-order chi connectivity index (χ1) is 13.6. The Kier molecular flexibility index (Phi) is 10.4. The van der Waals surface area contributed by atoms with Gasteiger partial charge in [0.25, 0.3) is 0 Å². The van der Waals surface area contributed by atoms with E-state index in [-0.39, 0.29) is 36.2 Å². The SMILES string of the molecule is CN=C(NCCN1CCCCC1)NCc1ccc(N2CC(C)OC(C)C2)nc1.I. The molecule has 0 amide bonds. The van der Waals surface area contributed by atoms with Crippen LogP contribution < -0.4 is 15.5 Å². The molecule has 3 rings (SSSR count). The van der Waals surface area contributed by atoms with Gasteiger partial charge in [-0.2, -0.15) is 0 Å². The molecule has 2 atom stereocenters. The fraction of sp³-hybridized carbons (Fsp3) is 0.714. The molecule has 3 heterocycles. The molecule has 2 fully saturated rings. The molecule has 2 saturated heterocycles. The number of ether oxygens (including phenoxy) is 1. The lowest BCUT2D eigenvalue weighted by Gasteiger charge is -2.36. The first kappa shape index (κ1) is 24.1. The number of pyridine rings is 1. The Hall–Kier alpha value is -1.13. The largest absolute Gasteiger partial charge is 0.372 e. The number of nitrogens with one attached hydrogen (secondary N) is 2. The summed E-state index contributed by atoms with van der Waals surface area (Å²) in [6.07, 6.45) is 6.48. The van der Waals surface area contributed by atoms with Crippen molar-refractivity contribution in [2.45, 2.75) is 51.9 Å². The van der Waals surface area contributed by atoms with Gasteiger partial charge in [0.1, 0.15) is 5.82 Å². The molecule has 29 heavy (non-hydrogen) atoms. The summed E-state index contributed by atoms with van der Waals surface area (Å²) in [7, 11) is 1.82. The molecule has 0 spiro atoms. The van der Waals surface area contributed by atoms with Gasteiger partial charge in [-0.25, -0.2) is 4.98 Å². The van der Waals surface area contributed by atoms with Gasteiger partial charge in [-0.15, -0.1) is 24.0 Å². The summed E-state index contributed by atoms with van der Waals surface area (Å²) in [6.45, 7) is 11.2. The van der Waals surface area contributed by atoms with Crippen LogP contribution in [0.5, 0.6) is 0 Å². The number of guanidine groups is 1. The molecule has 7 nitrogen and oxygen atoms in total. The molecular formula is C21H37IN6O. The number of aromatic nitrogens is 1. The van der Waals surface area contributed by atoms with E-state index < -0.39 is 0 Å². The summed E-state index contributed by atoms with van der Waals surface area (Å²) in [6, 6.07) is 4.25. The maximum Gasteiger partial charge on any atom is 0.191 e. The minimum absolute atomic E-state index is 0. The Labute approximate surface area is 192 Å². The molecule has 0 radical (unpaired) electrons. The van der Waals surface area contributed by atoms with Crippen molar-refractivity contribution in [3.63, 3.8) is 0 Å². The van der Waals surface area contributed by atoms with Crippen molar-refractivity contribution in [1.29, 1.82) is 0 Å². The summed E-state index contributed by atoms with van der Waals surface area (Å²) in [5.74, 6) is 1.87. The van der Waals surface area contributed by atoms with Crippen LogP contribution in [-0.2, 0) is 11.3 Å². The predicted octanol–water partition coefficient (Wildman–Crippen LogP) is 2.46. The van der Waals surface area contributed by atoms with Crippen LogP contribution in [0, 0.1) is 0 Å². The molecule has 2 aliphatic heterocycles. The standard InChI is InChI=1S/C21H36N6O.HI/c1-17-15-27(16-18(2)28-17)20-8-7-19(13-24-20)14-25-21(22-3)23-9-12-26-10-5-4-6-11-26;/h7-8,13,17-18H,4-6,9-12,14-16H2,1-3H3,(H2,22,23,25);1H. The highest BCUT2D eigenvalue weighted by molar-refractivity contribution is 14.0. The van der Waals surface area contributed by atoms with Crippen molar-refractivity contribution >= 4 is 35.8 Å². The maximum absolute atomic E-state index is 5.81. The highest BCUT2D eigenvalue weighted by Gasteiger charge is 2.22. The van der Waals surface area contributed by atoms with Gasteiger partial charge < -0.3 is 25.2 Å². The van der Waals surface area contributed by atoms with E-state index in [1.165, 1.54) is 32.4 Å². The third-order valence-corrected chi connectivity index (χ3v) is 5.41. The molecule has 2 aliphatic rings. The number of aliphatic imine (C=N–C) groups is 1. The minimum atomic E-state index is 0. The third kappa shape index (κ3) is 7.90. The van der Waals surface area contributed by atoms with E-state index in [9.17, 15) is 0 Å². The van der Waals surface area contributed by atoms with Crippen LogP contribution in [0.1, 0.15) is 38.7 Å². The first-order valence-electron chi connectivity index (χ1n) is 10.7. The number of rotatable bonds is 6. The van der Waals surface area contributed by atoms with E-state index in [0.717, 1.165) is 43.5 Å². The second kappa shape index (κ2) is 12.5. The second-order valence-electron chi connectivity index (χ2n) is 7.94. The molecule has 0 saturated carbocycles. The number of anilines is 1. The lowest BCUT2D eigenvalue weighted by molar-refractivity contribution is -0.00545. The number of likely N-dealkylation sites (tertiary alicyclic amines) is 1. The smallest absolute Gasteiger partial charge is 0.191 e. The molecule has 1 aromatic heterocycles. The summed E-state index contributed by atoms with van der Waals surface area (Å²) < 4.78 is 5.81. The average molecular weight is 516 g/mol. The van der Waals surface area contributed by atoms with Crippen molar-refractivity contribution < 1.29 is 4.74 Å². The lowest BCUT2D eigenvalue weighted by atomic mass is 10.1. The van der Waals surface area contributed by atoms with Crippen molar-refractivity contribution in [2.24, 2.45) is 4.99 Å². The quantitative estimate of drug-likeness (QED) is 0.344. The highest BCUT2D eigenvalue weighted by Crippen LogP contribution is 2.18.